The molecule has 9 nitrogen and oxygen atoms in total. The second kappa shape index (κ2) is 7.89. The number of sulfonamides is 1. The molecule has 1 amide bonds. The average molecular weight is 470 g/mol. The first-order chi connectivity index (χ1) is 15.8. The number of rotatable bonds is 5. The number of nitrogens with zero attached hydrogens (tertiary/aromatic N) is 2. The lowest BCUT2D eigenvalue weighted by Crippen LogP contribution is -2.43. The summed E-state index contributed by atoms with van der Waals surface area (Å²) in [5.74, 6) is 0.229. The fourth-order valence-corrected chi connectivity index (χ4v) is 6.44. The van der Waals surface area contributed by atoms with Gasteiger partial charge in [0.1, 0.15) is 33.5 Å². The van der Waals surface area contributed by atoms with E-state index in [4.69, 9.17) is 13.7 Å². The number of ether oxygens (including phenoxy) is 1. The number of amides is 1. The first-order valence-electron chi connectivity index (χ1n) is 10.6. The summed E-state index contributed by atoms with van der Waals surface area (Å²) in [7, 11) is -2.43. The van der Waals surface area contributed by atoms with Crippen molar-refractivity contribution in [3.05, 3.63) is 47.9 Å². The number of anilines is 1. The third-order valence-corrected chi connectivity index (χ3v) is 8.15. The number of para-hydroxylation sites is 1. The quantitative estimate of drug-likeness (QED) is 0.470. The molecule has 2 aromatic carbocycles. The van der Waals surface area contributed by atoms with Gasteiger partial charge in [0, 0.05) is 23.4 Å². The maximum atomic E-state index is 13.3. The van der Waals surface area contributed by atoms with Crippen LogP contribution >= 0.6 is 0 Å². The smallest absolute Gasteiger partial charge is 0.249 e. The Labute approximate surface area is 190 Å². The van der Waals surface area contributed by atoms with E-state index < -0.39 is 22.0 Å². The monoisotopic (exact) mass is 469 g/mol. The number of hydrogen-bond acceptors (Lipinski definition) is 7. The molecular formula is C23H23N3O6S. The molecule has 3 heterocycles. The predicted octanol–water partition coefficient (Wildman–Crippen LogP) is 3.99. The molecule has 1 aliphatic rings. The van der Waals surface area contributed by atoms with Crippen molar-refractivity contribution in [1.29, 1.82) is 0 Å². The van der Waals surface area contributed by atoms with Gasteiger partial charge in [-0.1, -0.05) is 23.4 Å². The summed E-state index contributed by atoms with van der Waals surface area (Å²) in [4.78, 5) is 13.3. The number of carbonyl (C=O) groups excluding carboxylic acids is 1. The maximum Gasteiger partial charge on any atom is 0.249 e. The van der Waals surface area contributed by atoms with Crippen molar-refractivity contribution in [2.45, 2.75) is 37.6 Å². The van der Waals surface area contributed by atoms with Crippen LogP contribution in [0.4, 0.5) is 5.69 Å². The Hall–Kier alpha value is -3.37. The van der Waals surface area contributed by atoms with E-state index in [2.05, 4.69) is 10.5 Å². The van der Waals surface area contributed by atoms with E-state index in [0.717, 1.165) is 16.4 Å². The van der Waals surface area contributed by atoms with Crippen molar-refractivity contribution >= 4 is 43.6 Å². The van der Waals surface area contributed by atoms with E-state index in [1.54, 1.807) is 19.9 Å². The summed E-state index contributed by atoms with van der Waals surface area (Å²) in [6.45, 7) is 3.36. The van der Waals surface area contributed by atoms with Crippen molar-refractivity contribution in [1.82, 2.24) is 9.46 Å². The number of hydrogen-bond donors (Lipinski definition) is 1. The minimum absolute atomic E-state index is 0.0171. The van der Waals surface area contributed by atoms with Crippen LogP contribution in [0.5, 0.6) is 5.75 Å². The second-order valence-electron chi connectivity index (χ2n) is 8.06. The lowest BCUT2D eigenvalue weighted by molar-refractivity contribution is -0.119. The normalized spacial score (nSPS) is 17.1. The van der Waals surface area contributed by atoms with Crippen molar-refractivity contribution in [3.8, 4) is 5.75 Å². The summed E-state index contributed by atoms with van der Waals surface area (Å²) < 4.78 is 44.3. The van der Waals surface area contributed by atoms with Crippen LogP contribution in [0, 0.1) is 13.8 Å². The number of benzene rings is 2. The summed E-state index contributed by atoms with van der Waals surface area (Å²) in [5, 5.41) is 8.41. The molecule has 2 aromatic heterocycles. The van der Waals surface area contributed by atoms with Gasteiger partial charge in [0.15, 0.2) is 5.76 Å². The highest BCUT2D eigenvalue weighted by molar-refractivity contribution is 7.89. The molecule has 172 valence electrons. The van der Waals surface area contributed by atoms with E-state index in [1.165, 1.54) is 11.4 Å². The molecule has 0 spiro atoms. The Balaban J connectivity index is 1.48. The number of nitrogens with one attached hydrogen (secondary N) is 1. The van der Waals surface area contributed by atoms with E-state index in [1.807, 2.05) is 30.3 Å². The Kier molecular flexibility index (Phi) is 5.13. The van der Waals surface area contributed by atoms with Gasteiger partial charge >= 0.3 is 0 Å². The Morgan fingerprint density at radius 2 is 1.97 bits per heavy atom. The topological polar surface area (TPSA) is 115 Å². The lowest BCUT2D eigenvalue weighted by atomic mass is 10.1. The maximum absolute atomic E-state index is 13.3. The molecule has 1 fully saturated rings. The SMILES string of the molecule is COc1cc2c(cc1NC(=O)[C@@H]1CCCN1S(=O)(=O)c1c(C)noc1C)oc1ccccc12. The third-order valence-electron chi connectivity index (χ3n) is 6.00. The highest BCUT2D eigenvalue weighted by Crippen LogP contribution is 2.37. The number of fused-ring (bicyclic) bond motifs is 3. The standard InChI is InChI=1S/C23H23N3O6S/c1-13-22(14(2)32-25-13)33(28,29)26-10-6-8-18(26)23(27)24-17-12-20-16(11-21(17)30-3)15-7-4-5-9-19(15)31-20/h4-5,7,9,11-12,18H,6,8,10H2,1-3H3,(H,24,27)/t18-/m0/s1. The zero-order chi connectivity index (χ0) is 23.3. The molecule has 0 radical (unpaired) electrons. The van der Waals surface area contributed by atoms with E-state index >= 15 is 0 Å². The Morgan fingerprint density at radius 3 is 2.70 bits per heavy atom. The van der Waals surface area contributed by atoms with Gasteiger partial charge in [-0.05, 0) is 38.8 Å². The highest BCUT2D eigenvalue weighted by Gasteiger charge is 2.42. The van der Waals surface area contributed by atoms with Crippen LogP contribution in [-0.4, -0.2) is 43.5 Å². The van der Waals surface area contributed by atoms with Crippen LogP contribution in [-0.2, 0) is 14.8 Å². The van der Waals surface area contributed by atoms with Crippen LogP contribution in [0.25, 0.3) is 21.9 Å². The van der Waals surface area contributed by atoms with Crippen LogP contribution < -0.4 is 10.1 Å². The molecule has 1 saturated heterocycles. The van der Waals surface area contributed by atoms with Gasteiger partial charge in [-0.15, -0.1) is 0 Å². The van der Waals surface area contributed by atoms with Crippen LogP contribution in [0.2, 0.25) is 0 Å². The number of carbonyl (C=O) groups is 1. The lowest BCUT2D eigenvalue weighted by Gasteiger charge is -2.23. The number of aryl methyl sites for hydroxylation is 2. The first kappa shape index (κ1) is 21.5. The average Bonchev–Trinajstić information content (AvgIpc) is 3.50. The molecular weight excluding hydrogens is 446 g/mol. The number of aromatic nitrogens is 1. The molecule has 4 aromatic rings. The van der Waals surface area contributed by atoms with E-state index in [-0.39, 0.29) is 22.9 Å². The molecule has 1 N–H and O–H groups in total. The minimum Gasteiger partial charge on any atom is -0.495 e. The molecule has 10 heteroatoms. The van der Waals surface area contributed by atoms with E-state index in [9.17, 15) is 13.2 Å². The minimum atomic E-state index is -3.94. The fraction of sp³-hybridized carbons (Fsp3) is 0.304. The zero-order valence-electron chi connectivity index (χ0n) is 18.4. The molecule has 33 heavy (non-hydrogen) atoms. The van der Waals surface area contributed by atoms with Gasteiger partial charge < -0.3 is 19.0 Å². The molecule has 0 unspecified atom stereocenters. The molecule has 0 saturated carbocycles. The van der Waals surface area contributed by atoms with E-state index in [0.29, 0.717) is 29.9 Å². The molecule has 0 bridgehead atoms. The van der Waals surface area contributed by atoms with Crippen molar-refractivity contribution < 1.29 is 26.9 Å². The Morgan fingerprint density at radius 1 is 1.18 bits per heavy atom. The van der Waals surface area contributed by atoms with Crippen LogP contribution in [0.15, 0.2) is 50.2 Å². The van der Waals surface area contributed by atoms with Crippen molar-refractivity contribution in [2.24, 2.45) is 0 Å². The van der Waals surface area contributed by atoms with Crippen molar-refractivity contribution in [3.63, 3.8) is 0 Å². The zero-order valence-corrected chi connectivity index (χ0v) is 19.2. The van der Waals surface area contributed by atoms with Crippen LogP contribution in [0.3, 0.4) is 0 Å². The van der Waals surface area contributed by atoms with Gasteiger partial charge in [0.05, 0.1) is 12.8 Å². The van der Waals surface area contributed by atoms with Gasteiger partial charge in [-0.3, -0.25) is 4.79 Å². The number of furan rings is 1. The highest BCUT2D eigenvalue weighted by atomic mass is 32.2. The molecule has 1 aliphatic heterocycles. The van der Waals surface area contributed by atoms with Gasteiger partial charge in [-0.2, -0.15) is 4.31 Å². The summed E-state index contributed by atoms with van der Waals surface area (Å²) >= 11 is 0. The van der Waals surface area contributed by atoms with Gasteiger partial charge in [0.25, 0.3) is 0 Å². The predicted molar refractivity (Wildman–Crippen MR) is 122 cm³/mol. The second-order valence-corrected chi connectivity index (χ2v) is 9.89. The molecule has 1 atom stereocenters. The summed E-state index contributed by atoms with van der Waals surface area (Å²) in [6.07, 6.45) is 0.976. The van der Waals surface area contributed by atoms with Gasteiger partial charge in [-0.25, -0.2) is 8.42 Å². The molecule has 0 aliphatic carbocycles. The molecule has 5 rings (SSSR count). The largest absolute Gasteiger partial charge is 0.495 e. The Bertz CT molecular complexity index is 1470. The van der Waals surface area contributed by atoms with Gasteiger partial charge in [0.2, 0.25) is 15.9 Å². The van der Waals surface area contributed by atoms with Crippen LogP contribution in [0.1, 0.15) is 24.3 Å². The first-order valence-corrected chi connectivity index (χ1v) is 12.0. The van der Waals surface area contributed by atoms with Crippen molar-refractivity contribution in [2.75, 3.05) is 19.0 Å². The fourth-order valence-electron chi connectivity index (χ4n) is 4.48. The third kappa shape index (κ3) is 3.46. The number of methoxy groups -OCH3 is 1. The summed E-state index contributed by atoms with van der Waals surface area (Å²) in [5.41, 5.74) is 2.01. The summed E-state index contributed by atoms with van der Waals surface area (Å²) in [6, 6.07) is 10.3.